The van der Waals surface area contributed by atoms with Gasteiger partial charge in [-0.2, -0.15) is 0 Å². The first kappa shape index (κ1) is 13.3. The molecule has 2 rings (SSSR count). The van der Waals surface area contributed by atoms with Crippen molar-refractivity contribution in [3.05, 3.63) is 0 Å². The molecule has 1 atom stereocenters. The topological polar surface area (TPSA) is 50.7 Å². The lowest BCUT2D eigenvalue weighted by molar-refractivity contribution is -0.139. The van der Waals surface area contributed by atoms with Crippen LogP contribution in [0.2, 0.25) is 0 Å². The van der Waals surface area contributed by atoms with Gasteiger partial charge in [-0.25, -0.2) is 0 Å². The molecule has 1 aliphatic carbocycles. The van der Waals surface area contributed by atoms with Gasteiger partial charge in [0.05, 0.1) is 19.3 Å². The Morgan fingerprint density at radius 3 is 2.65 bits per heavy atom. The molecule has 2 fully saturated rings. The van der Waals surface area contributed by atoms with E-state index in [-0.39, 0.29) is 18.2 Å². The second kappa shape index (κ2) is 6.14. The molecule has 4 heteroatoms. The van der Waals surface area contributed by atoms with Crippen molar-refractivity contribution < 1.29 is 14.6 Å². The van der Waals surface area contributed by atoms with Crippen molar-refractivity contribution in [2.24, 2.45) is 5.92 Å². The Bertz CT molecular complexity index is 221. The van der Waals surface area contributed by atoms with Gasteiger partial charge in [0.15, 0.2) is 0 Å². The highest BCUT2D eigenvalue weighted by atomic mass is 16.7. The molecule has 0 bridgehead atoms. The summed E-state index contributed by atoms with van der Waals surface area (Å²) in [5, 5.41) is 13.2. The minimum atomic E-state index is -0.0613. The molecule has 0 radical (unpaired) electrons. The van der Waals surface area contributed by atoms with Crippen LogP contribution in [0, 0.1) is 5.92 Å². The van der Waals surface area contributed by atoms with Gasteiger partial charge in [0, 0.05) is 12.1 Å². The SMILES string of the molecule is CC1CCC(CO)(NCC2CCOCO2)CC1. The first-order valence-electron chi connectivity index (χ1n) is 6.79. The van der Waals surface area contributed by atoms with Gasteiger partial charge in [0.25, 0.3) is 0 Å². The first-order valence-corrected chi connectivity index (χ1v) is 6.79. The maximum absolute atomic E-state index is 9.63. The van der Waals surface area contributed by atoms with E-state index in [2.05, 4.69) is 12.2 Å². The van der Waals surface area contributed by atoms with Gasteiger partial charge in [-0.3, -0.25) is 0 Å². The lowest BCUT2D eigenvalue weighted by Gasteiger charge is -2.40. The molecule has 0 spiro atoms. The summed E-state index contributed by atoms with van der Waals surface area (Å²) >= 11 is 0. The van der Waals surface area contributed by atoms with Crippen molar-refractivity contribution in [3.63, 3.8) is 0 Å². The number of rotatable bonds is 4. The Morgan fingerprint density at radius 2 is 2.06 bits per heavy atom. The van der Waals surface area contributed by atoms with Crippen molar-refractivity contribution in [2.75, 3.05) is 26.6 Å². The molecule has 1 saturated heterocycles. The van der Waals surface area contributed by atoms with Crippen LogP contribution in [0.15, 0.2) is 0 Å². The summed E-state index contributed by atoms with van der Waals surface area (Å²) in [5.41, 5.74) is -0.0613. The summed E-state index contributed by atoms with van der Waals surface area (Å²) in [6.07, 6.45) is 5.77. The molecule has 100 valence electrons. The average molecular weight is 243 g/mol. The smallest absolute Gasteiger partial charge is 0.147 e. The van der Waals surface area contributed by atoms with Crippen molar-refractivity contribution in [1.82, 2.24) is 5.32 Å². The van der Waals surface area contributed by atoms with Crippen LogP contribution in [0.25, 0.3) is 0 Å². The molecular weight excluding hydrogens is 218 g/mol. The van der Waals surface area contributed by atoms with Gasteiger partial charge in [0.2, 0.25) is 0 Å². The molecule has 1 heterocycles. The van der Waals surface area contributed by atoms with E-state index >= 15 is 0 Å². The Morgan fingerprint density at radius 1 is 1.29 bits per heavy atom. The average Bonchev–Trinajstić information content (AvgIpc) is 2.40. The van der Waals surface area contributed by atoms with Crippen molar-refractivity contribution >= 4 is 0 Å². The highest BCUT2D eigenvalue weighted by molar-refractivity contribution is 4.92. The summed E-state index contributed by atoms with van der Waals surface area (Å²) < 4.78 is 10.7. The van der Waals surface area contributed by atoms with Gasteiger partial charge >= 0.3 is 0 Å². The van der Waals surface area contributed by atoms with E-state index in [4.69, 9.17) is 9.47 Å². The number of aliphatic hydroxyl groups excluding tert-OH is 1. The molecule has 2 N–H and O–H groups in total. The number of hydrogen-bond acceptors (Lipinski definition) is 4. The number of ether oxygens (including phenoxy) is 2. The molecule has 4 nitrogen and oxygen atoms in total. The van der Waals surface area contributed by atoms with Crippen LogP contribution in [0.5, 0.6) is 0 Å². The minimum absolute atomic E-state index is 0.0613. The Kier molecular flexibility index (Phi) is 4.79. The monoisotopic (exact) mass is 243 g/mol. The summed E-state index contributed by atoms with van der Waals surface area (Å²) in [5.74, 6) is 0.802. The van der Waals surface area contributed by atoms with Crippen molar-refractivity contribution in [2.45, 2.75) is 50.7 Å². The molecule has 1 saturated carbocycles. The van der Waals surface area contributed by atoms with Gasteiger partial charge in [0.1, 0.15) is 6.79 Å². The summed E-state index contributed by atoms with van der Waals surface area (Å²) in [4.78, 5) is 0. The van der Waals surface area contributed by atoms with Crippen LogP contribution >= 0.6 is 0 Å². The zero-order chi connectivity index (χ0) is 12.1. The predicted octanol–water partition coefficient (Wildman–Crippen LogP) is 1.28. The largest absolute Gasteiger partial charge is 0.394 e. The normalized spacial score (nSPS) is 39.2. The van der Waals surface area contributed by atoms with Gasteiger partial charge in [-0.05, 0) is 38.0 Å². The Hall–Kier alpha value is -0.160. The lowest BCUT2D eigenvalue weighted by atomic mass is 9.77. The van der Waals surface area contributed by atoms with E-state index in [9.17, 15) is 5.11 Å². The fourth-order valence-electron chi connectivity index (χ4n) is 2.70. The first-order chi connectivity index (χ1) is 8.24. The zero-order valence-electron chi connectivity index (χ0n) is 10.8. The molecule has 1 unspecified atom stereocenters. The van der Waals surface area contributed by atoms with E-state index in [0.717, 1.165) is 38.3 Å². The van der Waals surface area contributed by atoms with Gasteiger partial charge in [-0.1, -0.05) is 6.92 Å². The van der Waals surface area contributed by atoms with E-state index in [0.29, 0.717) is 6.79 Å². The van der Waals surface area contributed by atoms with E-state index in [1.807, 2.05) is 0 Å². The van der Waals surface area contributed by atoms with E-state index < -0.39 is 0 Å². The third-order valence-electron chi connectivity index (χ3n) is 4.21. The molecule has 0 aromatic heterocycles. The molecule has 2 aliphatic rings. The van der Waals surface area contributed by atoms with Crippen LogP contribution in [0.4, 0.5) is 0 Å². The van der Waals surface area contributed by atoms with Crippen LogP contribution in [0.1, 0.15) is 39.0 Å². The fraction of sp³-hybridized carbons (Fsp3) is 1.00. The number of hydrogen-bond donors (Lipinski definition) is 2. The minimum Gasteiger partial charge on any atom is -0.394 e. The van der Waals surface area contributed by atoms with Crippen LogP contribution in [0.3, 0.4) is 0 Å². The third-order valence-corrected chi connectivity index (χ3v) is 4.21. The fourth-order valence-corrected chi connectivity index (χ4v) is 2.70. The molecule has 1 aliphatic heterocycles. The summed E-state index contributed by atoms with van der Waals surface area (Å²) in [6.45, 7) is 4.56. The molecule has 0 amide bonds. The maximum Gasteiger partial charge on any atom is 0.147 e. The second-order valence-electron chi connectivity index (χ2n) is 5.61. The van der Waals surface area contributed by atoms with E-state index in [1.165, 1.54) is 12.8 Å². The number of aliphatic hydroxyl groups is 1. The molecule has 0 aromatic rings. The van der Waals surface area contributed by atoms with Crippen LogP contribution < -0.4 is 5.32 Å². The Labute approximate surface area is 104 Å². The number of nitrogens with one attached hydrogen (secondary N) is 1. The van der Waals surface area contributed by atoms with Crippen molar-refractivity contribution in [3.8, 4) is 0 Å². The second-order valence-corrected chi connectivity index (χ2v) is 5.61. The van der Waals surface area contributed by atoms with Crippen molar-refractivity contribution in [1.29, 1.82) is 0 Å². The highest BCUT2D eigenvalue weighted by Gasteiger charge is 2.33. The molecule has 0 aromatic carbocycles. The van der Waals surface area contributed by atoms with E-state index in [1.54, 1.807) is 0 Å². The Balaban J connectivity index is 1.78. The summed E-state index contributed by atoms with van der Waals surface area (Å²) in [6, 6.07) is 0. The third kappa shape index (κ3) is 3.65. The summed E-state index contributed by atoms with van der Waals surface area (Å²) in [7, 11) is 0. The van der Waals surface area contributed by atoms with Gasteiger partial charge < -0.3 is 19.9 Å². The lowest BCUT2D eigenvalue weighted by Crippen LogP contribution is -2.53. The maximum atomic E-state index is 9.63. The zero-order valence-corrected chi connectivity index (χ0v) is 10.8. The van der Waals surface area contributed by atoms with Gasteiger partial charge in [-0.15, -0.1) is 0 Å². The predicted molar refractivity (Wildman–Crippen MR) is 65.8 cm³/mol. The molecular formula is C13H25NO3. The quantitative estimate of drug-likeness (QED) is 0.781. The van der Waals surface area contributed by atoms with Crippen LogP contribution in [-0.4, -0.2) is 43.3 Å². The molecule has 17 heavy (non-hydrogen) atoms. The standard InChI is InChI=1S/C13H25NO3/c1-11-2-5-13(9-15,6-3-11)14-8-12-4-7-16-10-17-12/h11-12,14-15H,2-10H2,1H3. The van der Waals surface area contributed by atoms with Crippen LogP contribution in [-0.2, 0) is 9.47 Å². The highest BCUT2D eigenvalue weighted by Crippen LogP contribution is 2.31.